The van der Waals surface area contributed by atoms with Gasteiger partial charge in [0.15, 0.2) is 17.3 Å². The molecule has 0 N–H and O–H groups in total. The van der Waals surface area contributed by atoms with Crippen LogP contribution in [0.5, 0.6) is 23.0 Å². The number of hydrogen-bond donors (Lipinski definition) is 0. The molecule has 28 heavy (non-hydrogen) atoms. The molecular weight excluding hydrogens is 356 g/mol. The summed E-state index contributed by atoms with van der Waals surface area (Å²) in [6.07, 6.45) is 3.23. The number of allylic oxidation sites excluding steroid dienone is 1. The van der Waals surface area contributed by atoms with Crippen molar-refractivity contribution < 1.29 is 23.7 Å². The second-order valence-corrected chi connectivity index (χ2v) is 6.07. The van der Waals surface area contributed by atoms with Gasteiger partial charge in [-0.25, -0.2) is 0 Å². The monoisotopic (exact) mass is 378 g/mol. The zero-order chi connectivity index (χ0) is 20.1. The van der Waals surface area contributed by atoms with E-state index in [-0.39, 0.29) is 5.78 Å². The second-order valence-electron chi connectivity index (χ2n) is 6.07. The molecule has 0 unspecified atom stereocenters. The van der Waals surface area contributed by atoms with Crippen molar-refractivity contribution >= 4 is 22.6 Å². The largest absolute Gasteiger partial charge is 0.497 e. The van der Waals surface area contributed by atoms with Gasteiger partial charge in [-0.2, -0.15) is 0 Å². The van der Waals surface area contributed by atoms with Gasteiger partial charge in [0, 0.05) is 17.2 Å². The maximum Gasteiger partial charge on any atom is 0.185 e. The zero-order valence-electron chi connectivity index (χ0n) is 16.3. The minimum absolute atomic E-state index is 0.102. The molecule has 0 heterocycles. The van der Waals surface area contributed by atoms with Gasteiger partial charge in [0.25, 0.3) is 0 Å². The summed E-state index contributed by atoms with van der Waals surface area (Å²) >= 11 is 0. The first-order valence-corrected chi connectivity index (χ1v) is 8.70. The van der Waals surface area contributed by atoms with Crippen LogP contribution in [-0.4, -0.2) is 34.2 Å². The van der Waals surface area contributed by atoms with Crippen molar-refractivity contribution in [3.63, 3.8) is 0 Å². The number of carbonyl (C=O) groups excluding carboxylic acids is 1. The molecule has 0 saturated carbocycles. The molecule has 3 aromatic rings. The fourth-order valence-corrected chi connectivity index (χ4v) is 2.95. The number of fused-ring (bicyclic) bond motifs is 1. The normalized spacial score (nSPS) is 10.9. The number of ketones is 1. The van der Waals surface area contributed by atoms with E-state index in [1.54, 1.807) is 52.7 Å². The molecule has 0 saturated heterocycles. The fraction of sp³-hybridized carbons (Fsp3) is 0.174. The summed E-state index contributed by atoms with van der Waals surface area (Å²) in [5.41, 5.74) is 1.33. The Morgan fingerprint density at radius 2 is 1.36 bits per heavy atom. The van der Waals surface area contributed by atoms with Crippen LogP contribution in [0.4, 0.5) is 0 Å². The number of carbonyl (C=O) groups is 1. The van der Waals surface area contributed by atoms with Crippen LogP contribution < -0.4 is 18.9 Å². The molecule has 3 aromatic carbocycles. The molecule has 0 radical (unpaired) electrons. The Morgan fingerprint density at radius 3 is 2.04 bits per heavy atom. The van der Waals surface area contributed by atoms with Crippen molar-refractivity contribution in [3.8, 4) is 23.0 Å². The van der Waals surface area contributed by atoms with E-state index < -0.39 is 0 Å². The van der Waals surface area contributed by atoms with Crippen LogP contribution in [0, 0.1) is 0 Å². The summed E-state index contributed by atoms with van der Waals surface area (Å²) in [7, 11) is 6.32. The lowest BCUT2D eigenvalue weighted by Gasteiger charge is -2.12. The number of ether oxygens (including phenoxy) is 4. The Balaban J connectivity index is 1.90. The van der Waals surface area contributed by atoms with E-state index in [2.05, 4.69) is 0 Å². The van der Waals surface area contributed by atoms with E-state index in [1.165, 1.54) is 6.08 Å². The Labute approximate surface area is 164 Å². The van der Waals surface area contributed by atoms with Crippen molar-refractivity contribution in [3.05, 3.63) is 65.7 Å². The highest BCUT2D eigenvalue weighted by Gasteiger charge is 2.11. The van der Waals surface area contributed by atoms with Gasteiger partial charge in [0.05, 0.1) is 28.4 Å². The van der Waals surface area contributed by atoms with Crippen LogP contribution in [-0.2, 0) is 0 Å². The SMILES string of the molecule is COc1ccc2cc(C(=O)C=Cc3cc(OC)c(OC)cc3OC)ccc2c1. The molecule has 3 rings (SSSR count). The quantitative estimate of drug-likeness (QED) is 0.438. The van der Waals surface area contributed by atoms with Gasteiger partial charge in [-0.05, 0) is 47.2 Å². The Kier molecular flexibility index (Phi) is 5.84. The van der Waals surface area contributed by atoms with Gasteiger partial charge in [0.1, 0.15) is 11.5 Å². The van der Waals surface area contributed by atoms with E-state index in [9.17, 15) is 4.79 Å². The van der Waals surface area contributed by atoms with E-state index in [4.69, 9.17) is 18.9 Å². The van der Waals surface area contributed by atoms with Gasteiger partial charge < -0.3 is 18.9 Å². The van der Waals surface area contributed by atoms with Crippen molar-refractivity contribution in [2.75, 3.05) is 28.4 Å². The number of methoxy groups -OCH3 is 4. The van der Waals surface area contributed by atoms with E-state index in [1.807, 2.05) is 30.3 Å². The smallest absolute Gasteiger partial charge is 0.185 e. The van der Waals surface area contributed by atoms with Crippen LogP contribution >= 0.6 is 0 Å². The van der Waals surface area contributed by atoms with Crippen LogP contribution in [0.3, 0.4) is 0 Å². The Morgan fingerprint density at radius 1 is 0.714 bits per heavy atom. The van der Waals surface area contributed by atoms with Crippen molar-refractivity contribution in [2.45, 2.75) is 0 Å². The van der Waals surface area contributed by atoms with Crippen LogP contribution in [0.2, 0.25) is 0 Å². The molecule has 0 aromatic heterocycles. The number of rotatable bonds is 7. The first kappa shape index (κ1) is 19.3. The fourth-order valence-electron chi connectivity index (χ4n) is 2.95. The highest BCUT2D eigenvalue weighted by atomic mass is 16.5. The second kappa shape index (κ2) is 8.48. The Bertz CT molecular complexity index is 1040. The lowest BCUT2D eigenvalue weighted by atomic mass is 10.0. The first-order chi connectivity index (χ1) is 13.6. The van der Waals surface area contributed by atoms with Crippen molar-refractivity contribution in [1.29, 1.82) is 0 Å². The van der Waals surface area contributed by atoms with Gasteiger partial charge in [0.2, 0.25) is 0 Å². The average molecular weight is 378 g/mol. The van der Waals surface area contributed by atoms with Gasteiger partial charge >= 0.3 is 0 Å². The predicted octanol–water partition coefficient (Wildman–Crippen LogP) is 4.77. The highest BCUT2D eigenvalue weighted by molar-refractivity contribution is 6.08. The molecule has 0 spiro atoms. The molecular formula is C23H22O5. The lowest BCUT2D eigenvalue weighted by Crippen LogP contribution is -1.96. The third-order valence-corrected chi connectivity index (χ3v) is 4.48. The van der Waals surface area contributed by atoms with E-state index in [0.29, 0.717) is 22.8 Å². The van der Waals surface area contributed by atoms with Crippen molar-refractivity contribution in [1.82, 2.24) is 0 Å². The van der Waals surface area contributed by atoms with E-state index in [0.717, 1.165) is 22.1 Å². The molecule has 0 aliphatic heterocycles. The van der Waals surface area contributed by atoms with Crippen molar-refractivity contribution in [2.24, 2.45) is 0 Å². The first-order valence-electron chi connectivity index (χ1n) is 8.70. The minimum atomic E-state index is -0.102. The number of benzene rings is 3. The standard InChI is InChI=1S/C23H22O5/c1-25-19-9-7-15-11-17(6-5-16(15)12-19)20(24)10-8-18-13-22(27-3)23(28-4)14-21(18)26-2/h5-14H,1-4H3. The lowest BCUT2D eigenvalue weighted by molar-refractivity contribution is 0.104. The molecule has 0 fully saturated rings. The van der Waals surface area contributed by atoms with Crippen LogP contribution in [0.15, 0.2) is 54.6 Å². The summed E-state index contributed by atoms with van der Waals surface area (Å²) in [5.74, 6) is 2.40. The molecule has 144 valence electrons. The van der Waals surface area contributed by atoms with E-state index >= 15 is 0 Å². The molecule has 0 atom stereocenters. The molecule has 0 amide bonds. The maximum atomic E-state index is 12.7. The van der Waals surface area contributed by atoms with Crippen LogP contribution in [0.1, 0.15) is 15.9 Å². The summed E-state index contributed by atoms with van der Waals surface area (Å²) in [4.78, 5) is 12.7. The average Bonchev–Trinajstić information content (AvgIpc) is 2.75. The topological polar surface area (TPSA) is 54.0 Å². The molecule has 0 aliphatic carbocycles. The highest BCUT2D eigenvalue weighted by Crippen LogP contribution is 2.35. The van der Waals surface area contributed by atoms with Gasteiger partial charge in [-0.3, -0.25) is 4.79 Å². The summed E-state index contributed by atoms with van der Waals surface area (Å²) in [5, 5.41) is 1.99. The summed E-state index contributed by atoms with van der Waals surface area (Å²) in [6, 6.07) is 14.8. The molecule has 0 aliphatic rings. The Hall–Kier alpha value is -3.47. The maximum absolute atomic E-state index is 12.7. The third-order valence-electron chi connectivity index (χ3n) is 4.48. The zero-order valence-corrected chi connectivity index (χ0v) is 16.3. The predicted molar refractivity (Wildman–Crippen MR) is 110 cm³/mol. The summed E-state index contributed by atoms with van der Waals surface area (Å²) in [6.45, 7) is 0. The minimum Gasteiger partial charge on any atom is -0.497 e. The molecule has 5 heteroatoms. The number of hydrogen-bond acceptors (Lipinski definition) is 5. The molecule has 5 nitrogen and oxygen atoms in total. The molecule has 0 bridgehead atoms. The van der Waals surface area contributed by atoms with Gasteiger partial charge in [-0.1, -0.05) is 18.2 Å². The third kappa shape index (κ3) is 3.93. The van der Waals surface area contributed by atoms with Gasteiger partial charge in [-0.15, -0.1) is 0 Å². The van der Waals surface area contributed by atoms with Crippen LogP contribution in [0.25, 0.3) is 16.8 Å². The summed E-state index contributed by atoms with van der Waals surface area (Å²) < 4.78 is 21.2.